The number of hydrogen-bond acceptors (Lipinski definition) is 6. The quantitative estimate of drug-likeness (QED) is 0.239. The van der Waals surface area contributed by atoms with Crippen molar-refractivity contribution >= 4 is 23.8 Å². The predicted octanol–water partition coefficient (Wildman–Crippen LogP) is 0.244. The Hall–Kier alpha value is -2.97. The Bertz CT molecular complexity index is 684. The molecule has 0 bridgehead atoms. The van der Waals surface area contributed by atoms with E-state index in [1.807, 2.05) is 4.57 Å². The van der Waals surface area contributed by atoms with E-state index >= 15 is 0 Å². The molecule has 0 unspecified atom stereocenters. The highest BCUT2D eigenvalue weighted by Crippen LogP contribution is 2.20. The fourth-order valence-electron chi connectivity index (χ4n) is 2.72. The summed E-state index contributed by atoms with van der Waals surface area (Å²) in [6.45, 7) is 5.19. The van der Waals surface area contributed by atoms with Crippen LogP contribution in [0.4, 0.5) is 0 Å². The first-order chi connectivity index (χ1) is 13.3. The van der Waals surface area contributed by atoms with Crippen molar-refractivity contribution in [3.8, 4) is 0 Å². The molecule has 0 aliphatic carbocycles. The molecule has 9 nitrogen and oxygen atoms in total. The van der Waals surface area contributed by atoms with Gasteiger partial charge >= 0.3 is 11.9 Å². The lowest BCUT2D eigenvalue weighted by Crippen LogP contribution is -2.61. The Balaban J connectivity index is 2.84. The third-order valence-electron chi connectivity index (χ3n) is 4.03. The van der Waals surface area contributed by atoms with E-state index in [1.165, 1.54) is 6.92 Å². The summed E-state index contributed by atoms with van der Waals surface area (Å²) in [5.74, 6) is -2.70. The number of unbranched alkanes of at least 4 members (excludes halogenated alkanes) is 1. The van der Waals surface area contributed by atoms with Crippen molar-refractivity contribution in [3.05, 3.63) is 30.1 Å². The number of ether oxygens (including phenoxy) is 2. The van der Waals surface area contributed by atoms with Gasteiger partial charge in [0.1, 0.15) is 6.54 Å². The molecule has 9 heteroatoms. The second kappa shape index (κ2) is 11.0. The molecule has 0 saturated carbocycles. The number of esters is 2. The highest BCUT2D eigenvalue weighted by atomic mass is 16.6. The van der Waals surface area contributed by atoms with Gasteiger partial charge in [-0.15, -0.1) is 0 Å². The first-order valence-corrected chi connectivity index (χ1v) is 9.19. The number of aryl methyl sites for hydroxylation is 1. The van der Waals surface area contributed by atoms with Gasteiger partial charge in [0.05, 0.1) is 18.8 Å². The van der Waals surface area contributed by atoms with Crippen LogP contribution in [0.3, 0.4) is 0 Å². The minimum absolute atomic E-state index is 0.0458. The third kappa shape index (κ3) is 6.33. The number of nitrogens with one attached hydrogen (secondary N) is 1. The molecule has 1 rings (SSSR count). The minimum Gasteiger partial charge on any atom is -0.464 e. The van der Waals surface area contributed by atoms with Crippen LogP contribution >= 0.6 is 0 Å². The number of nitrogens with two attached hydrogens (primary N) is 1. The standard InChI is InChI=1S/C19H27N3O6/c1-4-27-17(25)19(21-14(3)23,18(26)28-5-2)10-6-7-11-22-12-8-15(9-13-22)16(20)24/h8-9,12-13H,4-7,10-11H2,1-3H3,(H2-,20,21,23,24)/p+1. The zero-order valence-electron chi connectivity index (χ0n) is 16.5. The molecule has 0 aromatic carbocycles. The van der Waals surface area contributed by atoms with Crippen molar-refractivity contribution in [2.75, 3.05) is 13.2 Å². The molecule has 0 radical (unpaired) electrons. The number of nitrogens with zero attached hydrogens (tertiary/aromatic N) is 1. The van der Waals surface area contributed by atoms with Crippen LogP contribution in [0.1, 0.15) is 50.4 Å². The van der Waals surface area contributed by atoms with E-state index in [1.54, 1.807) is 38.4 Å². The molecule has 1 heterocycles. The van der Waals surface area contributed by atoms with Crippen molar-refractivity contribution in [2.24, 2.45) is 5.73 Å². The maximum atomic E-state index is 12.5. The third-order valence-corrected chi connectivity index (χ3v) is 4.03. The molecular formula is C19H28N3O6+. The van der Waals surface area contributed by atoms with Gasteiger partial charge in [-0.05, 0) is 26.7 Å². The Morgan fingerprint density at radius 1 is 1.04 bits per heavy atom. The van der Waals surface area contributed by atoms with Gasteiger partial charge in [-0.25, -0.2) is 14.2 Å². The van der Waals surface area contributed by atoms with E-state index < -0.39 is 29.3 Å². The van der Waals surface area contributed by atoms with Crippen LogP contribution in [-0.2, 0) is 30.4 Å². The van der Waals surface area contributed by atoms with E-state index in [4.69, 9.17) is 15.2 Å². The molecule has 1 aromatic rings. The summed E-state index contributed by atoms with van der Waals surface area (Å²) in [6, 6.07) is 3.22. The normalized spacial score (nSPS) is 10.8. The lowest BCUT2D eigenvalue weighted by molar-refractivity contribution is -0.697. The van der Waals surface area contributed by atoms with E-state index in [-0.39, 0.29) is 19.6 Å². The monoisotopic (exact) mass is 394 g/mol. The van der Waals surface area contributed by atoms with Crippen molar-refractivity contribution in [1.29, 1.82) is 0 Å². The van der Waals surface area contributed by atoms with Gasteiger partial charge in [0.15, 0.2) is 12.4 Å². The average molecular weight is 394 g/mol. The largest absolute Gasteiger partial charge is 0.464 e. The van der Waals surface area contributed by atoms with Crippen molar-refractivity contribution in [3.63, 3.8) is 0 Å². The number of hydrogen-bond donors (Lipinski definition) is 2. The Morgan fingerprint density at radius 3 is 2.00 bits per heavy atom. The molecule has 0 spiro atoms. The summed E-state index contributed by atoms with van der Waals surface area (Å²) >= 11 is 0. The number of rotatable bonds is 11. The van der Waals surface area contributed by atoms with Gasteiger partial charge in [0.2, 0.25) is 17.4 Å². The number of amides is 2. The lowest BCUT2D eigenvalue weighted by Gasteiger charge is -2.29. The van der Waals surface area contributed by atoms with Crippen molar-refractivity contribution in [2.45, 2.75) is 52.1 Å². The van der Waals surface area contributed by atoms with Crippen molar-refractivity contribution < 1.29 is 33.2 Å². The molecular weight excluding hydrogens is 366 g/mol. The number of carbonyl (C=O) groups is 4. The van der Waals surface area contributed by atoms with E-state index in [0.717, 1.165) is 0 Å². The SMILES string of the molecule is CCOC(=O)C(CCCC[n+]1ccc(C(N)=O)cc1)(NC(C)=O)C(=O)OCC. The molecule has 0 aliphatic rings. The van der Waals surface area contributed by atoms with Crippen LogP contribution in [0.15, 0.2) is 24.5 Å². The first-order valence-electron chi connectivity index (χ1n) is 9.19. The van der Waals surface area contributed by atoms with Gasteiger partial charge in [0, 0.05) is 25.5 Å². The molecule has 0 fully saturated rings. The molecule has 0 saturated heterocycles. The van der Waals surface area contributed by atoms with Crippen LogP contribution in [0.25, 0.3) is 0 Å². The first kappa shape index (κ1) is 23.1. The average Bonchev–Trinajstić information content (AvgIpc) is 2.64. The molecule has 3 N–H and O–H groups in total. The fourth-order valence-corrected chi connectivity index (χ4v) is 2.72. The second-order valence-corrected chi connectivity index (χ2v) is 6.17. The van der Waals surface area contributed by atoms with Crippen LogP contribution in [0, 0.1) is 0 Å². The summed E-state index contributed by atoms with van der Waals surface area (Å²) in [4.78, 5) is 47.7. The Morgan fingerprint density at radius 2 is 1.57 bits per heavy atom. The Kier molecular flexibility index (Phi) is 9.07. The number of primary amides is 1. The number of pyridine rings is 1. The van der Waals surface area contributed by atoms with E-state index in [0.29, 0.717) is 24.9 Å². The number of aromatic nitrogens is 1. The maximum Gasteiger partial charge on any atom is 0.343 e. The topological polar surface area (TPSA) is 129 Å². The van der Waals surface area contributed by atoms with E-state index in [9.17, 15) is 19.2 Å². The summed E-state index contributed by atoms with van der Waals surface area (Å²) in [5, 5.41) is 2.43. The summed E-state index contributed by atoms with van der Waals surface area (Å²) in [7, 11) is 0. The van der Waals surface area contributed by atoms with E-state index in [2.05, 4.69) is 5.32 Å². The maximum absolute atomic E-state index is 12.5. The van der Waals surface area contributed by atoms with Crippen LogP contribution < -0.4 is 15.6 Å². The fraction of sp³-hybridized carbons (Fsp3) is 0.526. The zero-order chi connectivity index (χ0) is 21.2. The smallest absolute Gasteiger partial charge is 0.343 e. The second-order valence-electron chi connectivity index (χ2n) is 6.17. The highest BCUT2D eigenvalue weighted by Gasteiger charge is 2.49. The van der Waals surface area contributed by atoms with Gasteiger partial charge in [-0.1, -0.05) is 0 Å². The number of carbonyl (C=O) groups excluding carboxylic acids is 4. The highest BCUT2D eigenvalue weighted by molar-refractivity contribution is 6.07. The minimum atomic E-state index is -1.86. The van der Waals surface area contributed by atoms with Gasteiger partial charge in [0.25, 0.3) is 0 Å². The van der Waals surface area contributed by atoms with Gasteiger partial charge < -0.3 is 20.5 Å². The van der Waals surface area contributed by atoms with Crippen LogP contribution in [0.5, 0.6) is 0 Å². The van der Waals surface area contributed by atoms with Crippen LogP contribution in [-0.4, -0.2) is 42.5 Å². The zero-order valence-corrected chi connectivity index (χ0v) is 16.5. The lowest BCUT2D eigenvalue weighted by atomic mass is 9.92. The molecule has 28 heavy (non-hydrogen) atoms. The molecule has 0 aliphatic heterocycles. The van der Waals surface area contributed by atoms with Crippen LogP contribution in [0.2, 0.25) is 0 Å². The summed E-state index contributed by atoms with van der Waals surface area (Å²) in [6.07, 6.45) is 4.54. The molecule has 1 aromatic heterocycles. The molecule has 0 atom stereocenters. The predicted molar refractivity (Wildman–Crippen MR) is 98.8 cm³/mol. The molecule has 2 amide bonds. The Labute approximate surface area is 164 Å². The summed E-state index contributed by atoms with van der Waals surface area (Å²) in [5.41, 5.74) is 3.75. The summed E-state index contributed by atoms with van der Waals surface area (Å²) < 4.78 is 11.9. The van der Waals surface area contributed by atoms with Crippen molar-refractivity contribution in [1.82, 2.24) is 5.32 Å². The van der Waals surface area contributed by atoms with Gasteiger partial charge in [-0.3, -0.25) is 9.59 Å². The van der Waals surface area contributed by atoms with Gasteiger partial charge in [-0.2, -0.15) is 0 Å². The molecule has 154 valence electrons.